The molecule has 0 amide bonds. The monoisotopic (exact) mass is 337 g/mol. The predicted octanol–water partition coefficient (Wildman–Crippen LogP) is 2.62. The van der Waals surface area contributed by atoms with Gasteiger partial charge in [-0.1, -0.05) is 0 Å². The zero-order chi connectivity index (χ0) is 18.0. The van der Waals surface area contributed by atoms with Crippen LogP contribution < -0.4 is 0 Å². The lowest BCUT2D eigenvalue weighted by molar-refractivity contribution is -0.384. The molecule has 3 aromatic rings. The fourth-order valence-electron chi connectivity index (χ4n) is 2.40. The van der Waals surface area contributed by atoms with Crippen LogP contribution in [0.25, 0.3) is 17.3 Å². The molecule has 0 spiro atoms. The van der Waals surface area contributed by atoms with Crippen LogP contribution in [0, 0.1) is 10.1 Å². The van der Waals surface area contributed by atoms with Gasteiger partial charge in [-0.2, -0.15) is 10.2 Å². The van der Waals surface area contributed by atoms with Crippen molar-refractivity contribution in [3.05, 3.63) is 70.2 Å². The second-order valence-electron chi connectivity index (χ2n) is 5.51. The van der Waals surface area contributed by atoms with Crippen molar-refractivity contribution in [2.45, 2.75) is 0 Å². The Morgan fingerprint density at radius 3 is 2.48 bits per heavy atom. The summed E-state index contributed by atoms with van der Waals surface area (Å²) >= 11 is 0. The first kappa shape index (κ1) is 16.3. The van der Waals surface area contributed by atoms with E-state index in [1.165, 1.54) is 24.4 Å². The van der Waals surface area contributed by atoms with Crippen LogP contribution in [0.1, 0.15) is 15.9 Å². The highest BCUT2D eigenvalue weighted by molar-refractivity contribution is 6.06. The average molecular weight is 337 g/mol. The first-order chi connectivity index (χ1) is 11.9. The van der Waals surface area contributed by atoms with E-state index in [0.29, 0.717) is 11.3 Å². The highest BCUT2D eigenvalue weighted by atomic mass is 16.6. The Morgan fingerprint density at radius 1 is 1.16 bits per heavy atom. The molecule has 8 heteroatoms. The molecule has 0 radical (unpaired) electrons. The number of nitro groups is 1. The number of benzene rings is 1. The number of nitro benzene ring substituents is 1. The van der Waals surface area contributed by atoms with E-state index in [9.17, 15) is 14.9 Å². The lowest BCUT2D eigenvalue weighted by Gasteiger charge is -1.99. The molecule has 0 saturated carbocycles. The minimum atomic E-state index is -0.449. The quantitative estimate of drug-likeness (QED) is 0.309. The van der Waals surface area contributed by atoms with Crippen molar-refractivity contribution in [2.75, 3.05) is 0 Å². The number of rotatable bonds is 5. The highest BCUT2D eigenvalue weighted by Crippen LogP contribution is 2.25. The van der Waals surface area contributed by atoms with Gasteiger partial charge >= 0.3 is 0 Å². The lowest BCUT2D eigenvalue weighted by atomic mass is 10.1. The van der Waals surface area contributed by atoms with E-state index in [1.54, 1.807) is 54.1 Å². The molecule has 126 valence electrons. The molecule has 25 heavy (non-hydrogen) atoms. The summed E-state index contributed by atoms with van der Waals surface area (Å²) in [5.74, 6) is -0.161. The maximum atomic E-state index is 12.2. The number of carbonyl (C=O) groups excluding carboxylic acids is 1. The number of allylic oxidation sites excluding steroid dienone is 1. The van der Waals surface area contributed by atoms with Crippen molar-refractivity contribution < 1.29 is 9.72 Å². The molecular weight excluding hydrogens is 322 g/mol. The average Bonchev–Trinajstić information content (AvgIpc) is 3.18. The summed E-state index contributed by atoms with van der Waals surface area (Å²) < 4.78 is 3.19. The third kappa shape index (κ3) is 3.52. The summed E-state index contributed by atoms with van der Waals surface area (Å²) in [6, 6.07) is 6.14. The fourth-order valence-corrected chi connectivity index (χ4v) is 2.40. The number of non-ortho nitro benzene ring substituents is 1. The molecular formula is C17H15N5O3. The van der Waals surface area contributed by atoms with Crippen LogP contribution in [0.15, 0.2) is 48.9 Å². The van der Waals surface area contributed by atoms with Crippen LogP contribution in [0.4, 0.5) is 5.69 Å². The van der Waals surface area contributed by atoms with E-state index in [4.69, 9.17) is 0 Å². The summed E-state index contributed by atoms with van der Waals surface area (Å²) in [6.45, 7) is 0. The Bertz CT molecular complexity index is 967. The number of aromatic nitrogens is 4. The van der Waals surface area contributed by atoms with Crippen molar-refractivity contribution in [3.63, 3.8) is 0 Å². The zero-order valence-corrected chi connectivity index (χ0v) is 13.7. The zero-order valence-electron chi connectivity index (χ0n) is 13.7. The molecule has 0 fully saturated rings. The van der Waals surface area contributed by atoms with Gasteiger partial charge < -0.3 is 0 Å². The summed E-state index contributed by atoms with van der Waals surface area (Å²) in [5, 5.41) is 19.1. The summed E-state index contributed by atoms with van der Waals surface area (Å²) in [4.78, 5) is 22.5. The maximum absolute atomic E-state index is 12.2. The number of ketones is 1. The fraction of sp³-hybridized carbons (Fsp3) is 0.118. The molecule has 0 aliphatic carbocycles. The minimum absolute atomic E-state index is 0.0172. The van der Waals surface area contributed by atoms with Crippen LogP contribution in [0.5, 0.6) is 0 Å². The van der Waals surface area contributed by atoms with Crippen molar-refractivity contribution in [1.82, 2.24) is 19.6 Å². The molecule has 8 nitrogen and oxygen atoms in total. The van der Waals surface area contributed by atoms with Crippen molar-refractivity contribution in [3.8, 4) is 11.3 Å². The van der Waals surface area contributed by atoms with Crippen molar-refractivity contribution in [2.24, 2.45) is 14.1 Å². The van der Waals surface area contributed by atoms with Gasteiger partial charge in [-0.25, -0.2) is 0 Å². The van der Waals surface area contributed by atoms with Crippen LogP contribution in [-0.4, -0.2) is 30.3 Å². The summed E-state index contributed by atoms with van der Waals surface area (Å²) in [7, 11) is 3.52. The van der Waals surface area contributed by atoms with Gasteiger partial charge in [-0.05, 0) is 24.3 Å². The van der Waals surface area contributed by atoms with E-state index < -0.39 is 4.92 Å². The normalized spacial score (nSPS) is 11.1. The molecule has 0 bridgehead atoms. The standard InChI is InChI=1S/C17H15N5O3/c1-20-11-14(9-18-20)16(23)8-5-13-10-21(2)19-17(13)12-3-6-15(7-4-12)22(24)25/h3-11H,1-2H3/b8-5-. The van der Waals surface area contributed by atoms with Gasteiger partial charge in [0.05, 0.1) is 22.4 Å². The van der Waals surface area contributed by atoms with Crippen LogP contribution in [0.2, 0.25) is 0 Å². The Kier molecular flexibility index (Phi) is 4.25. The third-order valence-electron chi connectivity index (χ3n) is 3.61. The predicted molar refractivity (Wildman–Crippen MR) is 91.9 cm³/mol. The molecule has 0 aliphatic rings. The van der Waals surface area contributed by atoms with E-state index in [1.807, 2.05) is 0 Å². The van der Waals surface area contributed by atoms with E-state index in [0.717, 1.165) is 11.1 Å². The number of aryl methyl sites for hydroxylation is 2. The third-order valence-corrected chi connectivity index (χ3v) is 3.61. The molecule has 2 heterocycles. The van der Waals surface area contributed by atoms with Crippen LogP contribution in [-0.2, 0) is 14.1 Å². The number of nitrogens with zero attached hydrogens (tertiary/aromatic N) is 5. The molecule has 0 saturated heterocycles. The SMILES string of the molecule is Cn1cc(C(=O)/C=C\c2cn(C)nc2-c2ccc([N+](=O)[O-])cc2)cn1. The highest BCUT2D eigenvalue weighted by Gasteiger charge is 2.11. The number of hydrogen-bond donors (Lipinski definition) is 0. The lowest BCUT2D eigenvalue weighted by Crippen LogP contribution is -1.92. The van der Waals surface area contributed by atoms with Gasteiger partial charge in [0.15, 0.2) is 5.78 Å². The Morgan fingerprint density at radius 2 is 1.88 bits per heavy atom. The van der Waals surface area contributed by atoms with Crippen LogP contribution >= 0.6 is 0 Å². The molecule has 0 aliphatic heterocycles. The van der Waals surface area contributed by atoms with E-state index in [2.05, 4.69) is 10.2 Å². The second kappa shape index (κ2) is 6.52. The van der Waals surface area contributed by atoms with Gasteiger partial charge in [0.1, 0.15) is 0 Å². The summed E-state index contributed by atoms with van der Waals surface area (Å²) in [6.07, 6.45) is 8.08. The van der Waals surface area contributed by atoms with Gasteiger partial charge in [-0.15, -0.1) is 0 Å². The maximum Gasteiger partial charge on any atom is 0.269 e. The van der Waals surface area contributed by atoms with Gasteiger partial charge in [0.25, 0.3) is 5.69 Å². The van der Waals surface area contributed by atoms with Gasteiger partial charge in [0, 0.05) is 49.7 Å². The topological polar surface area (TPSA) is 95.8 Å². The van der Waals surface area contributed by atoms with Gasteiger partial charge in [-0.3, -0.25) is 24.3 Å². The Labute approximate surface area is 143 Å². The Hall–Kier alpha value is -3.55. The first-order valence-electron chi connectivity index (χ1n) is 7.43. The van der Waals surface area contributed by atoms with E-state index >= 15 is 0 Å². The molecule has 3 rings (SSSR count). The van der Waals surface area contributed by atoms with E-state index in [-0.39, 0.29) is 11.5 Å². The molecule has 2 aromatic heterocycles. The molecule has 0 N–H and O–H groups in total. The molecule has 1 aromatic carbocycles. The molecule has 0 unspecified atom stereocenters. The second-order valence-corrected chi connectivity index (χ2v) is 5.51. The number of hydrogen-bond acceptors (Lipinski definition) is 5. The van der Waals surface area contributed by atoms with Gasteiger partial charge in [0.2, 0.25) is 0 Å². The largest absolute Gasteiger partial charge is 0.289 e. The smallest absolute Gasteiger partial charge is 0.269 e. The van der Waals surface area contributed by atoms with Crippen molar-refractivity contribution >= 4 is 17.5 Å². The summed E-state index contributed by atoms with van der Waals surface area (Å²) in [5.41, 5.74) is 2.64. The van der Waals surface area contributed by atoms with Crippen LogP contribution in [0.3, 0.4) is 0 Å². The minimum Gasteiger partial charge on any atom is -0.289 e. The first-order valence-corrected chi connectivity index (χ1v) is 7.43. The Balaban J connectivity index is 1.89. The molecule has 0 atom stereocenters. The van der Waals surface area contributed by atoms with Crippen molar-refractivity contribution in [1.29, 1.82) is 0 Å². The number of carbonyl (C=O) groups is 1.